The summed E-state index contributed by atoms with van der Waals surface area (Å²) in [6.45, 7) is 9.93. The second-order valence-corrected chi connectivity index (χ2v) is 9.50. The summed E-state index contributed by atoms with van der Waals surface area (Å²) in [6.07, 6.45) is 8.44. The Morgan fingerprint density at radius 3 is 2.63 bits per heavy atom. The van der Waals surface area contributed by atoms with E-state index in [1.165, 1.54) is 37.0 Å². The zero-order chi connectivity index (χ0) is 20.1. The molecule has 1 aliphatic carbocycles. The van der Waals surface area contributed by atoms with E-state index in [1.54, 1.807) is 11.1 Å². The Labute approximate surface area is 172 Å². The van der Waals surface area contributed by atoms with E-state index in [2.05, 4.69) is 49.1 Å². The first-order valence-electron chi connectivity index (χ1n) is 11.1. The van der Waals surface area contributed by atoms with E-state index in [0.717, 1.165) is 37.0 Å². The fourth-order valence-electron chi connectivity index (χ4n) is 3.96. The van der Waals surface area contributed by atoms with Crippen molar-refractivity contribution in [2.75, 3.05) is 26.0 Å². The highest BCUT2D eigenvalue weighted by molar-refractivity contribution is 7.99. The monoisotopic (exact) mass is 393 g/mol. The van der Waals surface area contributed by atoms with Gasteiger partial charge in [-0.2, -0.15) is 11.8 Å². The van der Waals surface area contributed by atoms with Crippen molar-refractivity contribution in [1.82, 2.24) is 5.32 Å². The highest BCUT2D eigenvalue weighted by atomic mass is 32.2. The molecule has 2 rings (SSSR count). The average molecular weight is 394 g/mol. The van der Waals surface area contributed by atoms with Gasteiger partial charge in [0.05, 0.1) is 0 Å². The first-order valence-corrected chi connectivity index (χ1v) is 12.2. The highest BCUT2D eigenvalue weighted by Gasteiger charge is 2.20. The lowest BCUT2D eigenvalue weighted by molar-refractivity contribution is 0.281. The maximum Gasteiger partial charge on any atom is 0.0431 e. The molecule has 1 aliphatic rings. The van der Waals surface area contributed by atoms with Crippen molar-refractivity contribution < 1.29 is 5.11 Å². The van der Waals surface area contributed by atoms with Crippen LogP contribution in [0.5, 0.6) is 0 Å². The molecule has 1 aromatic carbocycles. The molecular formula is C24H43NOS. The lowest BCUT2D eigenvalue weighted by Gasteiger charge is -2.26. The molecule has 0 amide bonds. The van der Waals surface area contributed by atoms with Gasteiger partial charge in [-0.05, 0) is 85.1 Å². The maximum atomic E-state index is 9.04. The van der Waals surface area contributed by atoms with Gasteiger partial charge in [-0.25, -0.2) is 0 Å². The van der Waals surface area contributed by atoms with Gasteiger partial charge in [0.15, 0.2) is 0 Å². The van der Waals surface area contributed by atoms with Crippen LogP contribution in [0.4, 0.5) is 0 Å². The van der Waals surface area contributed by atoms with Crippen LogP contribution in [0.15, 0.2) is 18.2 Å². The Bertz CT molecular complexity index is 503. The van der Waals surface area contributed by atoms with Crippen molar-refractivity contribution in [3.63, 3.8) is 0 Å². The molecular weight excluding hydrogens is 350 g/mol. The Morgan fingerprint density at radius 2 is 1.96 bits per heavy atom. The molecule has 0 radical (unpaired) electrons. The van der Waals surface area contributed by atoms with E-state index in [4.69, 9.17) is 5.11 Å². The molecule has 27 heavy (non-hydrogen) atoms. The first kappa shape index (κ1) is 24.5. The molecule has 0 spiro atoms. The smallest absolute Gasteiger partial charge is 0.0431 e. The van der Waals surface area contributed by atoms with Crippen LogP contribution in [0.1, 0.15) is 82.4 Å². The van der Waals surface area contributed by atoms with Gasteiger partial charge in [0.1, 0.15) is 0 Å². The fourth-order valence-corrected chi connectivity index (χ4v) is 4.90. The van der Waals surface area contributed by atoms with Gasteiger partial charge in [0.25, 0.3) is 0 Å². The molecule has 0 fully saturated rings. The maximum absolute atomic E-state index is 9.04. The minimum Gasteiger partial charge on any atom is -0.396 e. The number of nitrogens with one attached hydrogen (secondary N) is 1. The number of hydrogen-bond acceptors (Lipinski definition) is 3. The van der Waals surface area contributed by atoms with E-state index in [1.807, 2.05) is 20.9 Å². The van der Waals surface area contributed by atoms with Crippen LogP contribution >= 0.6 is 11.8 Å². The largest absolute Gasteiger partial charge is 0.396 e. The predicted octanol–water partition coefficient (Wildman–Crippen LogP) is 5.82. The number of aryl methyl sites for hydroxylation is 1. The van der Waals surface area contributed by atoms with Crippen molar-refractivity contribution in [3.8, 4) is 0 Å². The lowest BCUT2D eigenvalue weighted by Crippen LogP contribution is -2.19. The van der Waals surface area contributed by atoms with Crippen LogP contribution in [0.25, 0.3) is 0 Å². The number of likely N-dealkylation sites (N-methyl/N-ethyl adjacent to an activating group) is 1. The summed E-state index contributed by atoms with van der Waals surface area (Å²) in [6, 6.07) is 7.25. The molecule has 0 aliphatic heterocycles. The summed E-state index contributed by atoms with van der Waals surface area (Å²) >= 11 is 2.10. The number of aliphatic hydroxyl groups is 1. The van der Waals surface area contributed by atoms with Crippen LogP contribution < -0.4 is 5.32 Å². The number of aliphatic hydroxyl groups excluding tert-OH is 1. The number of benzene rings is 1. The van der Waals surface area contributed by atoms with Crippen molar-refractivity contribution in [2.24, 2.45) is 5.92 Å². The molecule has 0 unspecified atom stereocenters. The van der Waals surface area contributed by atoms with Gasteiger partial charge in [-0.15, -0.1) is 0 Å². The topological polar surface area (TPSA) is 32.3 Å². The predicted molar refractivity (Wildman–Crippen MR) is 123 cm³/mol. The second kappa shape index (κ2) is 14.5. The fraction of sp³-hybridized carbons (Fsp3) is 0.750. The van der Waals surface area contributed by atoms with Crippen LogP contribution in [-0.2, 0) is 12.8 Å². The minimum absolute atomic E-state index is 0.312. The quantitative estimate of drug-likeness (QED) is 0.465. The third-order valence-electron chi connectivity index (χ3n) is 5.42. The molecule has 0 aromatic heterocycles. The zero-order valence-corrected chi connectivity index (χ0v) is 19.2. The summed E-state index contributed by atoms with van der Waals surface area (Å²) in [4.78, 5) is 0. The van der Waals surface area contributed by atoms with E-state index in [-0.39, 0.29) is 0 Å². The molecule has 3 heteroatoms. The van der Waals surface area contributed by atoms with Crippen molar-refractivity contribution in [2.45, 2.75) is 83.8 Å². The SMILES string of the molecule is CC.CNC[C@H](CCCCO)c1ccc2c(c1)CC[C@H](CCSC(C)C)C2. The van der Waals surface area contributed by atoms with Gasteiger partial charge in [-0.1, -0.05) is 52.3 Å². The number of hydrogen-bond donors (Lipinski definition) is 2. The van der Waals surface area contributed by atoms with Crippen LogP contribution in [0, 0.1) is 5.92 Å². The van der Waals surface area contributed by atoms with Crippen LogP contribution in [0.2, 0.25) is 0 Å². The van der Waals surface area contributed by atoms with Gasteiger partial charge < -0.3 is 10.4 Å². The van der Waals surface area contributed by atoms with Crippen molar-refractivity contribution in [3.05, 3.63) is 34.9 Å². The van der Waals surface area contributed by atoms with E-state index < -0.39 is 0 Å². The average Bonchev–Trinajstić information content (AvgIpc) is 2.68. The Hall–Kier alpha value is -0.510. The van der Waals surface area contributed by atoms with Gasteiger partial charge >= 0.3 is 0 Å². The standard InChI is InChI=1S/C22H37NOS.C2H6/c1-17(2)25-13-11-18-7-8-20-15-21(10-9-19(20)14-18)22(16-23-3)6-4-5-12-24;1-2/h9-10,15,17-18,22-24H,4-8,11-14,16H2,1-3H3;1-2H3/t18-,22+;/m1./s1. The number of fused-ring (bicyclic) bond motifs is 1. The normalized spacial score (nSPS) is 17.2. The Morgan fingerprint density at radius 1 is 1.19 bits per heavy atom. The Balaban J connectivity index is 0.00000176. The Kier molecular flexibility index (Phi) is 13.2. The first-order chi connectivity index (χ1) is 13.1. The molecule has 2 N–H and O–H groups in total. The highest BCUT2D eigenvalue weighted by Crippen LogP contribution is 2.32. The summed E-state index contributed by atoms with van der Waals surface area (Å²) in [5.74, 6) is 2.76. The number of rotatable bonds is 11. The van der Waals surface area contributed by atoms with Gasteiger partial charge in [0, 0.05) is 13.2 Å². The molecule has 2 atom stereocenters. The van der Waals surface area contributed by atoms with Crippen LogP contribution in [0.3, 0.4) is 0 Å². The molecule has 0 heterocycles. The summed E-state index contributed by atoms with van der Waals surface area (Å²) < 4.78 is 0. The molecule has 1 aromatic rings. The van der Waals surface area contributed by atoms with Crippen LogP contribution in [-0.4, -0.2) is 36.3 Å². The van der Waals surface area contributed by atoms with Crippen molar-refractivity contribution in [1.29, 1.82) is 0 Å². The third-order valence-corrected chi connectivity index (χ3v) is 6.56. The number of thioether (sulfide) groups is 1. The summed E-state index contributed by atoms with van der Waals surface area (Å²) in [7, 11) is 2.04. The van der Waals surface area contributed by atoms with E-state index in [0.29, 0.717) is 12.5 Å². The van der Waals surface area contributed by atoms with Crippen molar-refractivity contribution >= 4 is 11.8 Å². The number of unbranched alkanes of at least 4 members (excludes halogenated alkanes) is 1. The molecule has 0 saturated heterocycles. The molecule has 156 valence electrons. The molecule has 0 bridgehead atoms. The van der Waals surface area contributed by atoms with E-state index >= 15 is 0 Å². The second-order valence-electron chi connectivity index (χ2n) is 7.82. The minimum atomic E-state index is 0.312. The molecule has 2 nitrogen and oxygen atoms in total. The van der Waals surface area contributed by atoms with Gasteiger partial charge in [-0.3, -0.25) is 0 Å². The summed E-state index contributed by atoms with van der Waals surface area (Å²) in [5.41, 5.74) is 4.67. The third kappa shape index (κ3) is 9.02. The van der Waals surface area contributed by atoms with Gasteiger partial charge in [0.2, 0.25) is 0 Å². The summed E-state index contributed by atoms with van der Waals surface area (Å²) in [5, 5.41) is 13.1. The van der Waals surface area contributed by atoms with E-state index in [9.17, 15) is 0 Å². The zero-order valence-electron chi connectivity index (χ0n) is 18.4. The molecule has 0 saturated carbocycles. The lowest BCUT2D eigenvalue weighted by atomic mass is 9.80.